The molecule has 0 saturated carbocycles. The Balaban J connectivity index is 2.43. The Bertz CT molecular complexity index is 919. The van der Waals surface area contributed by atoms with Crippen LogP contribution in [0.25, 0.3) is 22.1 Å². The molecule has 0 radical (unpaired) electrons. The fraction of sp³-hybridized carbons (Fsp3) is 0.154. The van der Waals surface area contributed by atoms with Crippen LogP contribution in [-0.4, -0.2) is 37.6 Å². The van der Waals surface area contributed by atoms with Crippen molar-refractivity contribution in [2.75, 3.05) is 6.61 Å². The second kappa shape index (κ2) is 4.82. The van der Waals surface area contributed by atoms with Crippen LogP contribution >= 0.6 is 0 Å². The molecular formula is C13H10N4O4. The Morgan fingerprint density at radius 1 is 1.48 bits per heavy atom. The van der Waals surface area contributed by atoms with E-state index in [1.54, 1.807) is 13.0 Å². The van der Waals surface area contributed by atoms with Crippen LogP contribution in [0.1, 0.15) is 17.3 Å². The van der Waals surface area contributed by atoms with Crippen molar-refractivity contribution in [1.82, 2.24) is 19.9 Å². The van der Waals surface area contributed by atoms with Crippen LogP contribution in [-0.2, 0) is 4.74 Å². The third-order valence-electron chi connectivity index (χ3n) is 2.92. The predicted molar refractivity (Wildman–Crippen MR) is 73.1 cm³/mol. The zero-order chi connectivity index (χ0) is 15.0. The Hall–Kier alpha value is -3.03. The fourth-order valence-corrected chi connectivity index (χ4v) is 2.02. The number of fused-ring (bicyclic) bond motifs is 2. The highest BCUT2D eigenvalue weighted by Gasteiger charge is 2.21. The Kier molecular flexibility index (Phi) is 2.98. The molecule has 8 heteroatoms. The summed E-state index contributed by atoms with van der Waals surface area (Å²) >= 11 is 0. The molecule has 3 aromatic heterocycles. The van der Waals surface area contributed by atoms with Gasteiger partial charge in [-0.1, -0.05) is 0 Å². The molecule has 106 valence electrons. The van der Waals surface area contributed by atoms with Crippen molar-refractivity contribution in [3.8, 4) is 5.75 Å². The van der Waals surface area contributed by atoms with Crippen LogP contribution in [0.15, 0.2) is 23.4 Å². The lowest BCUT2D eigenvalue weighted by Gasteiger charge is -2.08. The number of ether oxygens (including phenoxy) is 1. The van der Waals surface area contributed by atoms with Gasteiger partial charge >= 0.3 is 5.97 Å². The van der Waals surface area contributed by atoms with Crippen molar-refractivity contribution >= 4 is 28.0 Å². The summed E-state index contributed by atoms with van der Waals surface area (Å²) in [7, 11) is 0. The number of aromatic hydroxyl groups is 1. The van der Waals surface area contributed by atoms with Gasteiger partial charge in [0.15, 0.2) is 11.4 Å². The number of H-pyrrole nitrogens is 1. The van der Waals surface area contributed by atoms with Gasteiger partial charge in [-0.3, -0.25) is 4.79 Å². The molecule has 2 N–H and O–H groups in total. The van der Waals surface area contributed by atoms with E-state index in [9.17, 15) is 14.7 Å². The average molecular weight is 286 g/mol. The lowest BCUT2D eigenvalue weighted by atomic mass is 10.1. The molecule has 0 aliphatic rings. The second-order valence-corrected chi connectivity index (χ2v) is 4.22. The number of aromatic amines is 1. The molecule has 3 aromatic rings. The summed E-state index contributed by atoms with van der Waals surface area (Å²) < 4.78 is 4.87. The van der Waals surface area contributed by atoms with E-state index in [0.29, 0.717) is 11.0 Å². The average Bonchev–Trinajstić information content (AvgIpc) is 2.47. The van der Waals surface area contributed by atoms with E-state index in [4.69, 9.17) is 4.74 Å². The zero-order valence-electron chi connectivity index (χ0n) is 11.0. The molecule has 3 heterocycles. The minimum atomic E-state index is -0.813. The maximum Gasteiger partial charge on any atom is 0.342 e. The standard InChI is InChI=1S/C13H10N4O4/c1-2-21-13(20)8-7-3-6-4-14-5-15-10(6)16-11(7)17-12(19)9(8)18/h3-5,18H,2H2,1H3,(H,14,15,16,17,19). The molecule has 0 bridgehead atoms. The number of pyridine rings is 2. The normalized spacial score (nSPS) is 10.9. The van der Waals surface area contributed by atoms with Crippen LogP contribution < -0.4 is 5.56 Å². The smallest absolute Gasteiger partial charge is 0.342 e. The van der Waals surface area contributed by atoms with Gasteiger partial charge in [-0.05, 0) is 13.0 Å². The fourth-order valence-electron chi connectivity index (χ4n) is 2.02. The number of nitrogens with one attached hydrogen (secondary N) is 1. The van der Waals surface area contributed by atoms with E-state index >= 15 is 0 Å². The van der Waals surface area contributed by atoms with Crippen LogP contribution in [0.4, 0.5) is 0 Å². The van der Waals surface area contributed by atoms with E-state index in [0.717, 1.165) is 0 Å². The molecule has 0 aromatic carbocycles. The lowest BCUT2D eigenvalue weighted by molar-refractivity contribution is 0.0525. The number of esters is 1. The summed E-state index contributed by atoms with van der Waals surface area (Å²) in [6, 6.07) is 1.57. The molecule has 3 rings (SSSR count). The number of rotatable bonds is 2. The third-order valence-corrected chi connectivity index (χ3v) is 2.92. The van der Waals surface area contributed by atoms with E-state index in [2.05, 4.69) is 19.9 Å². The van der Waals surface area contributed by atoms with Gasteiger partial charge in [-0.2, -0.15) is 0 Å². The molecule has 0 saturated heterocycles. The maximum atomic E-state index is 12.0. The quantitative estimate of drug-likeness (QED) is 0.527. The molecule has 21 heavy (non-hydrogen) atoms. The third kappa shape index (κ3) is 2.06. The SMILES string of the molecule is CCOC(=O)c1c(O)c(=O)[nH]c2nc3ncncc3cc12. The minimum absolute atomic E-state index is 0.122. The summed E-state index contributed by atoms with van der Waals surface area (Å²) in [4.78, 5) is 38.1. The van der Waals surface area contributed by atoms with Crippen LogP contribution in [0.5, 0.6) is 5.75 Å². The van der Waals surface area contributed by atoms with Gasteiger partial charge in [0.1, 0.15) is 17.5 Å². The highest BCUT2D eigenvalue weighted by molar-refractivity contribution is 6.07. The van der Waals surface area contributed by atoms with Gasteiger partial charge in [-0.25, -0.2) is 19.7 Å². The first-order valence-corrected chi connectivity index (χ1v) is 6.14. The molecule has 8 nitrogen and oxygen atoms in total. The van der Waals surface area contributed by atoms with E-state index in [1.807, 2.05) is 0 Å². The molecule has 0 aliphatic heterocycles. The number of carbonyl (C=O) groups excluding carboxylic acids is 1. The molecule has 0 atom stereocenters. The molecule has 0 amide bonds. The van der Waals surface area contributed by atoms with Gasteiger partial charge in [0, 0.05) is 17.0 Å². The van der Waals surface area contributed by atoms with Crippen molar-refractivity contribution in [1.29, 1.82) is 0 Å². The maximum absolute atomic E-state index is 12.0. The number of hydrogen-bond donors (Lipinski definition) is 2. The van der Waals surface area contributed by atoms with Crippen molar-refractivity contribution in [2.24, 2.45) is 0 Å². The van der Waals surface area contributed by atoms with Crippen molar-refractivity contribution in [3.05, 3.63) is 34.5 Å². The molecule has 0 aliphatic carbocycles. The Morgan fingerprint density at radius 3 is 3.05 bits per heavy atom. The number of carbonyl (C=O) groups is 1. The highest BCUT2D eigenvalue weighted by Crippen LogP contribution is 2.24. The van der Waals surface area contributed by atoms with E-state index in [-0.39, 0.29) is 23.2 Å². The van der Waals surface area contributed by atoms with E-state index < -0.39 is 17.3 Å². The van der Waals surface area contributed by atoms with Gasteiger partial charge in [0.2, 0.25) is 0 Å². The van der Waals surface area contributed by atoms with Gasteiger partial charge < -0.3 is 14.8 Å². The Morgan fingerprint density at radius 2 is 2.29 bits per heavy atom. The van der Waals surface area contributed by atoms with E-state index in [1.165, 1.54) is 12.5 Å². The highest BCUT2D eigenvalue weighted by atomic mass is 16.5. The van der Waals surface area contributed by atoms with Crippen LogP contribution in [0, 0.1) is 0 Å². The summed E-state index contributed by atoms with van der Waals surface area (Å²) in [5, 5.41) is 10.7. The minimum Gasteiger partial charge on any atom is -0.502 e. The summed E-state index contributed by atoms with van der Waals surface area (Å²) in [6.07, 6.45) is 2.85. The van der Waals surface area contributed by atoms with Crippen molar-refractivity contribution in [3.63, 3.8) is 0 Å². The Labute approximate surface area is 117 Å². The largest absolute Gasteiger partial charge is 0.502 e. The second-order valence-electron chi connectivity index (χ2n) is 4.22. The number of nitrogens with zero attached hydrogens (tertiary/aromatic N) is 3. The van der Waals surface area contributed by atoms with Crippen LogP contribution in [0.2, 0.25) is 0 Å². The summed E-state index contributed by atoms with van der Waals surface area (Å²) in [6.45, 7) is 1.75. The topological polar surface area (TPSA) is 118 Å². The molecule has 0 fully saturated rings. The summed E-state index contributed by atoms with van der Waals surface area (Å²) in [5.41, 5.74) is -0.513. The first-order chi connectivity index (χ1) is 10.1. The van der Waals surface area contributed by atoms with Gasteiger partial charge in [-0.15, -0.1) is 0 Å². The zero-order valence-corrected chi connectivity index (χ0v) is 11.0. The molecular weight excluding hydrogens is 276 g/mol. The predicted octanol–water partition coefficient (Wildman–Crippen LogP) is 0.749. The monoisotopic (exact) mass is 286 g/mol. The molecule has 0 unspecified atom stereocenters. The van der Waals surface area contributed by atoms with Crippen molar-refractivity contribution < 1.29 is 14.6 Å². The first kappa shape index (κ1) is 13.0. The van der Waals surface area contributed by atoms with Gasteiger partial charge in [0.05, 0.1) is 6.61 Å². The first-order valence-electron chi connectivity index (χ1n) is 6.14. The molecule has 0 spiro atoms. The number of hydrogen-bond acceptors (Lipinski definition) is 7. The number of aromatic nitrogens is 4. The van der Waals surface area contributed by atoms with Gasteiger partial charge in [0.25, 0.3) is 5.56 Å². The van der Waals surface area contributed by atoms with Crippen LogP contribution in [0.3, 0.4) is 0 Å². The summed E-state index contributed by atoms with van der Waals surface area (Å²) in [5.74, 6) is -1.48. The lowest BCUT2D eigenvalue weighted by Crippen LogP contribution is -2.15. The van der Waals surface area contributed by atoms with Crippen molar-refractivity contribution in [2.45, 2.75) is 6.92 Å².